The monoisotopic (exact) mass is 475 g/mol. The Kier molecular flexibility index (Phi) is 5.35. The van der Waals surface area contributed by atoms with Gasteiger partial charge in [0.15, 0.2) is 9.43 Å². The molecule has 0 aliphatic carbocycles. The number of benzene rings is 2. The summed E-state index contributed by atoms with van der Waals surface area (Å²) in [6, 6.07) is 15.7. The summed E-state index contributed by atoms with van der Waals surface area (Å²) >= 11 is 2.91. The number of barbiturate groups is 1. The number of anilines is 1. The Balaban J connectivity index is 1.41. The Morgan fingerprint density at radius 3 is 2.64 bits per heavy atom. The van der Waals surface area contributed by atoms with Crippen molar-refractivity contribution in [1.82, 2.24) is 10.3 Å². The van der Waals surface area contributed by atoms with Crippen LogP contribution in [-0.4, -0.2) is 22.8 Å². The van der Waals surface area contributed by atoms with Gasteiger partial charge >= 0.3 is 6.03 Å². The van der Waals surface area contributed by atoms with Crippen molar-refractivity contribution >= 4 is 62.9 Å². The first-order chi connectivity index (χ1) is 15.9. The van der Waals surface area contributed by atoms with Crippen LogP contribution in [0.3, 0.4) is 0 Å². The average Bonchev–Trinajstić information content (AvgIpc) is 3.39. The second kappa shape index (κ2) is 8.34. The molecule has 7 nitrogen and oxygen atoms in total. The van der Waals surface area contributed by atoms with Gasteiger partial charge in [-0.2, -0.15) is 0 Å². The highest BCUT2D eigenvalue weighted by Crippen LogP contribution is 2.35. The number of carbonyl (C=O) groups excluding carboxylic acids is 3. The number of amides is 4. The van der Waals surface area contributed by atoms with E-state index in [4.69, 9.17) is 4.42 Å². The minimum atomic E-state index is -0.781. The van der Waals surface area contributed by atoms with E-state index in [9.17, 15) is 14.4 Å². The van der Waals surface area contributed by atoms with Crippen LogP contribution in [0.15, 0.2) is 74.0 Å². The van der Waals surface area contributed by atoms with Crippen LogP contribution in [-0.2, 0) is 9.59 Å². The summed E-state index contributed by atoms with van der Waals surface area (Å²) < 4.78 is 7.70. The summed E-state index contributed by atoms with van der Waals surface area (Å²) in [4.78, 5) is 43.4. The molecular weight excluding hydrogens is 458 g/mol. The van der Waals surface area contributed by atoms with Gasteiger partial charge in [-0.15, -0.1) is 11.3 Å². The van der Waals surface area contributed by atoms with Crippen LogP contribution in [0.4, 0.5) is 10.5 Å². The molecule has 1 fully saturated rings. The lowest BCUT2D eigenvalue weighted by Gasteiger charge is -2.26. The van der Waals surface area contributed by atoms with E-state index >= 15 is 0 Å². The van der Waals surface area contributed by atoms with Crippen LogP contribution in [0.1, 0.15) is 16.9 Å². The Hall–Kier alpha value is -3.69. The molecule has 3 heterocycles. The third-order valence-corrected chi connectivity index (χ3v) is 7.22. The predicted octanol–water partition coefficient (Wildman–Crippen LogP) is 5.32. The molecule has 5 rings (SSSR count). The zero-order valence-electron chi connectivity index (χ0n) is 17.6. The Morgan fingerprint density at radius 2 is 1.85 bits per heavy atom. The maximum absolute atomic E-state index is 13.1. The largest absolute Gasteiger partial charge is 0.450 e. The number of para-hydroxylation sites is 1. The van der Waals surface area contributed by atoms with E-state index in [2.05, 4.69) is 10.3 Å². The first kappa shape index (κ1) is 21.2. The van der Waals surface area contributed by atoms with E-state index in [1.807, 2.05) is 44.2 Å². The molecule has 1 N–H and O–H groups in total. The second-order valence-electron chi connectivity index (χ2n) is 7.43. The smallest absolute Gasteiger partial charge is 0.335 e. The lowest BCUT2D eigenvalue weighted by atomic mass is 10.1. The van der Waals surface area contributed by atoms with Crippen LogP contribution in [0.5, 0.6) is 0 Å². The molecule has 0 saturated carbocycles. The van der Waals surface area contributed by atoms with Gasteiger partial charge in [0.05, 0.1) is 15.9 Å². The number of aromatic nitrogens is 1. The molecule has 4 aromatic rings. The quantitative estimate of drug-likeness (QED) is 0.317. The first-order valence-electron chi connectivity index (χ1n) is 10.0. The van der Waals surface area contributed by atoms with Crippen molar-refractivity contribution in [2.45, 2.75) is 23.3 Å². The maximum atomic E-state index is 13.1. The summed E-state index contributed by atoms with van der Waals surface area (Å²) in [6.45, 7) is 3.83. The van der Waals surface area contributed by atoms with Crippen LogP contribution < -0.4 is 10.2 Å². The molecule has 9 heteroatoms. The van der Waals surface area contributed by atoms with Crippen LogP contribution >= 0.6 is 23.1 Å². The van der Waals surface area contributed by atoms with Crippen molar-refractivity contribution in [2.24, 2.45) is 0 Å². The number of hydrogen-bond acceptors (Lipinski definition) is 7. The van der Waals surface area contributed by atoms with E-state index in [1.54, 1.807) is 35.6 Å². The van der Waals surface area contributed by atoms with E-state index in [0.29, 0.717) is 16.5 Å². The molecular formula is C24H17N3O4S2. The molecule has 0 atom stereocenters. The van der Waals surface area contributed by atoms with E-state index in [1.165, 1.54) is 17.8 Å². The third kappa shape index (κ3) is 4.08. The molecule has 0 spiro atoms. The van der Waals surface area contributed by atoms with Crippen molar-refractivity contribution in [1.29, 1.82) is 0 Å². The number of carbonyl (C=O) groups is 3. The number of nitrogens with zero attached hydrogens (tertiary/aromatic N) is 2. The molecule has 0 bridgehead atoms. The number of thiazole rings is 1. The summed E-state index contributed by atoms with van der Waals surface area (Å²) in [6.07, 6.45) is 1.35. The minimum absolute atomic E-state index is 0.182. The highest BCUT2D eigenvalue weighted by molar-refractivity contribution is 8.01. The molecule has 164 valence electrons. The van der Waals surface area contributed by atoms with Crippen molar-refractivity contribution in [3.63, 3.8) is 0 Å². The van der Waals surface area contributed by atoms with E-state index in [0.717, 1.165) is 30.6 Å². The predicted molar refractivity (Wildman–Crippen MR) is 127 cm³/mol. The van der Waals surface area contributed by atoms with Crippen LogP contribution in [0, 0.1) is 13.8 Å². The molecule has 4 amide bonds. The Labute approximate surface area is 197 Å². The van der Waals surface area contributed by atoms with Crippen molar-refractivity contribution < 1.29 is 18.8 Å². The number of rotatable bonds is 4. The number of hydrogen-bond donors (Lipinski definition) is 1. The summed E-state index contributed by atoms with van der Waals surface area (Å²) in [5, 5.41) is 2.80. The standard InChI is InChI=1S/C24H17N3O4S2/c1-13-7-8-15(11-14(13)2)27-22(29)17(21(28)26-23(27)30)12-16-9-10-20(31-16)33-24-25-18-5-3-4-6-19(18)32-24/h3-12H,1-2H3,(H,26,28,30)/b17-12+. The molecule has 2 aromatic carbocycles. The SMILES string of the molecule is Cc1ccc(N2C(=O)NC(=O)/C(=C\c3ccc(Sc4nc5ccccc5s4)o3)C2=O)cc1C. The fraction of sp³-hybridized carbons (Fsp3) is 0.0833. The van der Waals surface area contributed by atoms with Crippen molar-refractivity contribution in [3.8, 4) is 0 Å². The first-order valence-corrected chi connectivity index (χ1v) is 11.6. The average molecular weight is 476 g/mol. The Bertz CT molecular complexity index is 1430. The van der Waals surface area contributed by atoms with Gasteiger partial charge in [0.2, 0.25) is 0 Å². The fourth-order valence-electron chi connectivity index (χ4n) is 3.35. The van der Waals surface area contributed by atoms with Gasteiger partial charge < -0.3 is 4.42 Å². The molecule has 1 saturated heterocycles. The van der Waals surface area contributed by atoms with Gasteiger partial charge in [-0.05, 0) is 79.2 Å². The zero-order chi connectivity index (χ0) is 23.1. The van der Waals surface area contributed by atoms with Crippen molar-refractivity contribution in [2.75, 3.05) is 4.90 Å². The summed E-state index contributed by atoms with van der Waals surface area (Å²) in [7, 11) is 0. The normalized spacial score (nSPS) is 15.5. The molecule has 33 heavy (non-hydrogen) atoms. The minimum Gasteiger partial charge on any atom is -0.450 e. The number of fused-ring (bicyclic) bond motifs is 1. The lowest BCUT2D eigenvalue weighted by molar-refractivity contribution is -0.122. The fourth-order valence-corrected chi connectivity index (χ4v) is 5.32. The molecule has 2 aromatic heterocycles. The van der Waals surface area contributed by atoms with Gasteiger partial charge in [-0.1, -0.05) is 18.2 Å². The van der Waals surface area contributed by atoms with E-state index in [-0.39, 0.29) is 5.57 Å². The van der Waals surface area contributed by atoms with Gasteiger partial charge in [0, 0.05) is 0 Å². The van der Waals surface area contributed by atoms with Gasteiger partial charge in [0.1, 0.15) is 11.3 Å². The third-order valence-electron chi connectivity index (χ3n) is 5.20. The molecule has 0 radical (unpaired) electrons. The van der Waals surface area contributed by atoms with E-state index < -0.39 is 17.8 Å². The zero-order valence-corrected chi connectivity index (χ0v) is 19.3. The van der Waals surface area contributed by atoms with Crippen LogP contribution in [0.25, 0.3) is 16.3 Å². The highest BCUT2D eigenvalue weighted by atomic mass is 32.2. The molecule has 0 unspecified atom stereocenters. The highest BCUT2D eigenvalue weighted by Gasteiger charge is 2.37. The molecule has 1 aliphatic rings. The van der Waals surface area contributed by atoms with Crippen LogP contribution in [0.2, 0.25) is 0 Å². The Morgan fingerprint density at radius 1 is 1.03 bits per heavy atom. The van der Waals surface area contributed by atoms with Gasteiger partial charge in [0.25, 0.3) is 11.8 Å². The summed E-state index contributed by atoms with van der Waals surface area (Å²) in [5.74, 6) is -1.14. The second-order valence-corrected chi connectivity index (χ2v) is 9.72. The molecule has 1 aliphatic heterocycles. The lowest BCUT2D eigenvalue weighted by Crippen LogP contribution is -2.54. The summed E-state index contributed by atoms with van der Waals surface area (Å²) in [5.41, 5.74) is 3.09. The van der Waals surface area contributed by atoms with Gasteiger partial charge in [-0.3, -0.25) is 14.9 Å². The number of urea groups is 1. The van der Waals surface area contributed by atoms with Gasteiger partial charge in [-0.25, -0.2) is 14.7 Å². The topological polar surface area (TPSA) is 92.5 Å². The number of furan rings is 1. The maximum Gasteiger partial charge on any atom is 0.335 e. The number of aryl methyl sites for hydroxylation is 2. The number of imide groups is 2. The number of nitrogens with one attached hydrogen (secondary N) is 1. The van der Waals surface area contributed by atoms with Crippen molar-refractivity contribution in [3.05, 3.63) is 77.1 Å².